The van der Waals surface area contributed by atoms with Gasteiger partial charge in [0.1, 0.15) is 0 Å². The Labute approximate surface area is 155 Å². The van der Waals surface area contributed by atoms with Crippen LogP contribution in [0.25, 0.3) is 0 Å². The van der Waals surface area contributed by atoms with Crippen molar-refractivity contribution >= 4 is 17.7 Å². The minimum atomic E-state index is -0.519. The summed E-state index contributed by atoms with van der Waals surface area (Å²) in [5.74, 6) is -0.0755. The second-order valence-electron chi connectivity index (χ2n) is 7.05. The van der Waals surface area contributed by atoms with Gasteiger partial charge in [0.05, 0.1) is 18.2 Å². The lowest BCUT2D eigenvalue weighted by molar-refractivity contribution is -0.140. The van der Waals surface area contributed by atoms with Crippen LogP contribution in [0.5, 0.6) is 0 Å². The van der Waals surface area contributed by atoms with Crippen LogP contribution in [0.3, 0.4) is 0 Å². The molecule has 0 radical (unpaired) electrons. The van der Waals surface area contributed by atoms with Gasteiger partial charge >= 0.3 is 12.0 Å². The molecule has 0 unspecified atom stereocenters. The molecule has 0 bridgehead atoms. The Kier molecular flexibility index (Phi) is 6.66. The molecular weight excluding hydrogens is 330 g/mol. The van der Waals surface area contributed by atoms with Crippen molar-refractivity contribution in [1.29, 1.82) is 0 Å². The highest BCUT2D eigenvalue weighted by atomic mass is 16.5. The molecule has 0 aliphatic carbocycles. The summed E-state index contributed by atoms with van der Waals surface area (Å²) >= 11 is 0. The Morgan fingerprint density at radius 3 is 2.50 bits per heavy atom. The fourth-order valence-corrected chi connectivity index (χ4v) is 3.05. The average Bonchev–Trinajstić information content (AvgIpc) is 2.59. The summed E-state index contributed by atoms with van der Waals surface area (Å²) in [6, 6.07) is 6.93. The summed E-state index contributed by atoms with van der Waals surface area (Å²) in [6.07, 6.45) is 2.06. The molecule has 6 nitrogen and oxygen atoms in total. The number of hydrogen-bond acceptors (Lipinski definition) is 4. The lowest BCUT2D eigenvalue weighted by Crippen LogP contribution is -2.45. The van der Waals surface area contributed by atoms with E-state index in [1.165, 1.54) is 0 Å². The number of esters is 1. The average molecular weight is 359 g/mol. The number of nitrogens with zero attached hydrogens (tertiary/aromatic N) is 1. The maximum absolute atomic E-state index is 12.7. The summed E-state index contributed by atoms with van der Waals surface area (Å²) < 4.78 is 5.52. The van der Waals surface area contributed by atoms with Gasteiger partial charge in [0.2, 0.25) is 0 Å². The SMILES string of the molecule is CCC[C@@H](C)COC(=O)C1=C(C)NC(=O)N[C@@H]1c1ccc(N(C)C)cc1. The van der Waals surface area contributed by atoms with Gasteiger partial charge in [-0.15, -0.1) is 0 Å². The summed E-state index contributed by atoms with van der Waals surface area (Å²) in [5, 5.41) is 5.51. The number of amides is 2. The predicted molar refractivity (Wildman–Crippen MR) is 103 cm³/mol. The highest BCUT2D eigenvalue weighted by molar-refractivity contribution is 5.95. The highest BCUT2D eigenvalue weighted by Gasteiger charge is 2.32. The van der Waals surface area contributed by atoms with Gasteiger partial charge in [0.15, 0.2) is 0 Å². The molecule has 1 aromatic carbocycles. The van der Waals surface area contributed by atoms with Crippen LogP contribution in [-0.4, -0.2) is 32.7 Å². The lowest BCUT2D eigenvalue weighted by atomic mass is 9.95. The van der Waals surface area contributed by atoms with E-state index in [4.69, 9.17) is 4.74 Å². The molecule has 0 fully saturated rings. The maximum atomic E-state index is 12.7. The molecular formula is C20H29N3O3. The van der Waals surface area contributed by atoms with Crippen molar-refractivity contribution < 1.29 is 14.3 Å². The van der Waals surface area contributed by atoms with Gasteiger partial charge in [-0.2, -0.15) is 0 Å². The van der Waals surface area contributed by atoms with E-state index in [0.29, 0.717) is 23.8 Å². The van der Waals surface area contributed by atoms with Crippen molar-refractivity contribution in [3.05, 3.63) is 41.1 Å². The summed E-state index contributed by atoms with van der Waals surface area (Å²) in [6.45, 7) is 6.28. The molecule has 0 saturated heterocycles. The normalized spacial score (nSPS) is 18.0. The van der Waals surface area contributed by atoms with E-state index in [1.807, 2.05) is 43.3 Å². The molecule has 6 heteroatoms. The number of nitrogens with one attached hydrogen (secondary N) is 2. The molecule has 1 aliphatic heterocycles. The molecule has 0 saturated carbocycles. The third-order valence-electron chi connectivity index (χ3n) is 4.51. The maximum Gasteiger partial charge on any atom is 0.338 e. The summed E-state index contributed by atoms with van der Waals surface area (Å²) in [4.78, 5) is 26.6. The van der Waals surface area contributed by atoms with E-state index in [1.54, 1.807) is 6.92 Å². The smallest absolute Gasteiger partial charge is 0.338 e. The molecule has 0 spiro atoms. The van der Waals surface area contributed by atoms with Gasteiger partial charge in [0, 0.05) is 25.5 Å². The first kappa shape index (κ1) is 19.8. The van der Waals surface area contributed by atoms with E-state index in [-0.39, 0.29) is 12.0 Å². The van der Waals surface area contributed by atoms with E-state index >= 15 is 0 Å². The molecule has 2 rings (SSSR count). The van der Waals surface area contributed by atoms with E-state index in [0.717, 1.165) is 24.1 Å². The minimum Gasteiger partial charge on any atom is -0.462 e. The Balaban J connectivity index is 2.23. The van der Waals surface area contributed by atoms with Gasteiger partial charge in [-0.25, -0.2) is 9.59 Å². The zero-order chi connectivity index (χ0) is 19.3. The molecule has 142 valence electrons. The van der Waals surface area contributed by atoms with E-state index in [9.17, 15) is 9.59 Å². The molecule has 26 heavy (non-hydrogen) atoms. The monoisotopic (exact) mass is 359 g/mol. The van der Waals surface area contributed by atoms with Crippen molar-refractivity contribution in [3.8, 4) is 0 Å². The zero-order valence-corrected chi connectivity index (χ0v) is 16.3. The second kappa shape index (κ2) is 8.74. The highest BCUT2D eigenvalue weighted by Crippen LogP contribution is 2.29. The first-order chi connectivity index (χ1) is 12.3. The van der Waals surface area contributed by atoms with Crippen LogP contribution in [0.15, 0.2) is 35.5 Å². The number of rotatable bonds is 7. The van der Waals surface area contributed by atoms with Crippen molar-refractivity contribution in [2.24, 2.45) is 5.92 Å². The van der Waals surface area contributed by atoms with Crippen LogP contribution < -0.4 is 15.5 Å². The summed E-state index contributed by atoms with van der Waals surface area (Å²) in [7, 11) is 3.93. The second-order valence-corrected chi connectivity index (χ2v) is 7.05. The first-order valence-electron chi connectivity index (χ1n) is 9.06. The molecule has 2 atom stereocenters. The number of allylic oxidation sites excluding steroid dienone is 1. The van der Waals surface area contributed by atoms with Crippen molar-refractivity contribution in [3.63, 3.8) is 0 Å². The Hall–Kier alpha value is -2.50. The Morgan fingerprint density at radius 1 is 1.27 bits per heavy atom. The fourth-order valence-electron chi connectivity index (χ4n) is 3.05. The third-order valence-corrected chi connectivity index (χ3v) is 4.51. The molecule has 2 amide bonds. The predicted octanol–water partition coefficient (Wildman–Crippen LogP) is 3.36. The van der Waals surface area contributed by atoms with E-state index in [2.05, 4.69) is 24.5 Å². The van der Waals surface area contributed by atoms with Gasteiger partial charge in [-0.05, 0) is 37.0 Å². The zero-order valence-electron chi connectivity index (χ0n) is 16.3. The van der Waals surface area contributed by atoms with Crippen LogP contribution in [0.1, 0.15) is 45.2 Å². The number of hydrogen-bond donors (Lipinski definition) is 2. The number of ether oxygens (including phenoxy) is 1. The number of urea groups is 1. The van der Waals surface area contributed by atoms with Gasteiger partial charge in [-0.1, -0.05) is 32.4 Å². The van der Waals surface area contributed by atoms with Gasteiger partial charge in [0.25, 0.3) is 0 Å². The molecule has 2 N–H and O–H groups in total. The molecule has 1 aliphatic rings. The third kappa shape index (κ3) is 4.77. The quantitative estimate of drug-likeness (QED) is 0.733. The van der Waals surface area contributed by atoms with Crippen LogP contribution in [0.4, 0.5) is 10.5 Å². The van der Waals surface area contributed by atoms with Crippen LogP contribution in [-0.2, 0) is 9.53 Å². The van der Waals surface area contributed by atoms with Crippen molar-refractivity contribution in [2.75, 3.05) is 25.6 Å². The number of carbonyl (C=O) groups is 2. The first-order valence-corrected chi connectivity index (χ1v) is 9.06. The lowest BCUT2D eigenvalue weighted by Gasteiger charge is -2.28. The van der Waals surface area contributed by atoms with E-state index < -0.39 is 6.04 Å². The van der Waals surface area contributed by atoms with Crippen molar-refractivity contribution in [2.45, 2.75) is 39.7 Å². The fraction of sp³-hybridized carbons (Fsp3) is 0.500. The van der Waals surface area contributed by atoms with Crippen molar-refractivity contribution in [1.82, 2.24) is 10.6 Å². The largest absolute Gasteiger partial charge is 0.462 e. The topological polar surface area (TPSA) is 70.7 Å². The van der Waals surface area contributed by atoms with Crippen LogP contribution in [0.2, 0.25) is 0 Å². The minimum absolute atomic E-state index is 0.314. The van der Waals surface area contributed by atoms with Crippen LogP contribution >= 0.6 is 0 Å². The number of benzene rings is 1. The molecule has 0 aromatic heterocycles. The number of anilines is 1. The number of carbonyl (C=O) groups excluding carboxylic acids is 2. The van der Waals surface area contributed by atoms with Gasteiger partial charge in [-0.3, -0.25) is 0 Å². The Morgan fingerprint density at radius 2 is 1.92 bits per heavy atom. The Bertz CT molecular complexity index is 680. The standard InChI is InChI=1S/C20H29N3O3/c1-6-7-13(2)12-26-19(24)17-14(3)21-20(25)22-18(17)15-8-10-16(11-9-15)23(4)5/h8-11,13,18H,6-7,12H2,1-5H3,(H2,21,22,25)/t13-,18-/m1/s1. The summed E-state index contributed by atoms with van der Waals surface area (Å²) in [5.41, 5.74) is 2.88. The molecule has 1 aromatic rings. The van der Waals surface area contributed by atoms with Gasteiger partial charge < -0.3 is 20.3 Å². The van der Waals surface area contributed by atoms with Crippen LogP contribution in [0, 0.1) is 5.92 Å². The molecule has 1 heterocycles.